The summed E-state index contributed by atoms with van der Waals surface area (Å²) in [7, 11) is -0.366. The van der Waals surface area contributed by atoms with Crippen molar-refractivity contribution < 1.29 is 13.2 Å². The van der Waals surface area contributed by atoms with Crippen LogP contribution in [0.2, 0.25) is 5.02 Å². The molecule has 0 aliphatic carbocycles. The lowest BCUT2D eigenvalue weighted by Gasteiger charge is -2.21. The first-order valence-electron chi connectivity index (χ1n) is 7.23. The van der Waals surface area contributed by atoms with Gasteiger partial charge < -0.3 is 4.90 Å². The van der Waals surface area contributed by atoms with E-state index in [1.165, 1.54) is 19.2 Å². The number of nitrogens with zero attached hydrogens (tertiary/aromatic N) is 2. The average Bonchev–Trinajstić information content (AvgIpc) is 2.54. The highest BCUT2D eigenvalue weighted by Gasteiger charge is 2.19. The molecule has 1 amide bonds. The summed E-state index contributed by atoms with van der Waals surface area (Å²) in [5, 5.41) is 0.269. The summed E-state index contributed by atoms with van der Waals surface area (Å²) < 4.78 is 24.5. The Morgan fingerprint density at radius 3 is 2.29 bits per heavy atom. The second kappa shape index (κ2) is 7.23. The molecular weight excluding hydrogens is 348 g/mol. The molecule has 0 unspecified atom stereocenters. The lowest BCUT2D eigenvalue weighted by Crippen LogP contribution is -2.28. The van der Waals surface area contributed by atoms with Crippen molar-refractivity contribution in [2.45, 2.75) is 6.54 Å². The largest absolute Gasteiger partial charge is 0.337 e. The third kappa shape index (κ3) is 4.27. The average molecular weight is 367 g/mol. The normalized spacial score (nSPS) is 11.2. The third-order valence-corrected chi connectivity index (χ3v) is 5.15. The van der Waals surface area contributed by atoms with Crippen LogP contribution >= 0.6 is 11.6 Å². The smallest absolute Gasteiger partial charge is 0.253 e. The van der Waals surface area contributed by atoms with Crippen molar-refractivity contribution in [1.82, 2.24) is 4.90 Å². The molecular formula is C17H19ClN2O3S. The van der Waals surface area contributed by atoms with Gasteiger partial charge >= 0.3 is 0 Å². The number of benzene rings is 2. The van der Waals surface area contributed by atoms with Crippen LogP contribution in [0.4, 0.5) is 5.69 Å². The van der Waals surface area contributed by atoms with Gasteiger partial charge in [-0.05, 0) is 23.8 Å². The lowest BCUT2D eigenvalue weighted by atomic mass is 10.1. The number of anilines is 1. The van der Waals surface area contributed by atoms with Crippen molar-refractivity contribution in [1.29, 1.82) is 0 Å². The highest BCUT2D eigenvalue weighted by molar-refractivity contribution is 7.92. The Morgan fingerprint density at radius 1 is 1.08 bits per heavy atom. The van der Waals surface area contributed by atoms with Gasteiger partial charge in [0.2, 0.25) is 10.0 Å². The van der Waals surface area contributed by atoms with E-state index in [-0.39, 0.29) is 16.6 Å². The van der Waals surface area contributed by atoms with Crippen LogP contribution in [-0.2, 0) is 16.6 Å². The van der Waals surface area contributed by atoms with Crippen molar-refractivity contribution >= 4 is 33.2 Å². The van der Waals surface area contributed by atoms with Crippen molar-refractivity contribution in [2.24, 2.45) is 0 Å². The number of rotatable bonds is 5. The first-order chi connectivity index (χ1) is 11.2. The number of halogens is 1. The van der Waals surface area contributed by atoms with E-state index in [0.717, 1.165) is 16.1 Å². The van der Waals surface area contributed by atoms with Gasteiger partial charge in [-0.25, -0.2) is 8.42 Å². The van der Waals surface area contributed by atoms with Gasteiger partial charge in [-0.1, -0.05) is 41.9 Å². The van der Waals surface area contributed by atoms with Gasteiger partial charge in [-0.3, -0.25) is 9.10 Å². The van der Waals surface area contributed by atoms with Crippen LogP contribution in [0.25, 0.3) is 0 Å². The summed E-state index contributed by atoms with van der Waals surface area (Å²) in [4.78, 5) is 14.2. The Hall–Kier alpha value is -2.05. The van der Waals surface area contributed by atoms with E-state index in [2.05, 4.69) is 0 Å². The standard InChI is InChI=1S/C17H19ClN2O3S/c1-19(12-13-7-5-4-6-8-13)17(21)14-9-10-15(18)16(11-14)20(2)24(3,22)23/h4-11H,12H2,1-3H3. The van der Waals surface area contributed by atoms with Crippen LogP contribution in [0.15, 0.2) is 48.5 Å². The zero-order valence-corrected chi connectivity index (χ0v) is 15.3. The molecule has 0 heterocycles. The maximum atomic E-state index is 12.6. The molecule has 2 aromatic carbocycles. The lowest BCUT2D eigenvalue weighted by molar-refractivity contribution is 0.0785. The molecule has 24 heavy (non-hydrogen) atoms. The van der Waals surface area contributed by atoms with Crippen LogP contribution < -0.4 is 4.31 Å². The maximum Gasteiger partial charge on any atom is 0.253 e. The summed E-state index contributed by atoms with van der Waals surface area (Å²) in [6, 6.07) is 14.2. The summed E-state index contributed by atoms with van der Waals surface area (Å²) in [5.74, 6) is -0.210. The van der Waals surface area contributed by atoms with Crippen molar-refractivity contribution in [3.05, 3.63) is 64.7 Å². The van der Waals surface area contributed by atoms with E-state index in [9.17, 15) is 13.2 Å². The zero-order chi connectivity index (χ0) is 17.9. The van der Waals surface area contributed by atoms with E-state index in [0.29, 0.717) is 12.1 Å². The number of hydrogen-bond acceptors (Lipinski definition) is 3. The molecule has 0 saturated carbocycles. The van der Waals surface area contributed by atoms with Gasteiger partial charge in [0.25, 0.3) is 5.91 Å². The molecule has 2 aromatic rings. The number of amides is 1. The first-order valence-corrected chi connectivity index (χ1v) is 9.45. The minimum atomic E-state index is -3.47. The maximum absolute atomic E-state index is 12.6. The summed E-state index contributed by atoms with van der Waals surface area (Å²) >= 11 is 6.08. The minimum absolute atomic E-state index is 0.210. The molecule has 0 atom stereocenters. The van der Waals surface area contributed by atoms with Gasteiger partial charge in [0.15, 0.2) is 0 Å². The van der Waals surface area contributed by atoms with Crippen LogP contribution in [0.3, 0.4) is 0 Å². The van der Waals surface area contributed by atoms with Crippen LogP contribution in [0.5, 0.6) is 0 Å². The number of carbonyl (C=O) groups is 1. The van der Waals surface area contributed by atoms with Crippen molar-refractivity contribution in [3.8, 4) is 0 Å². The number of hydrogen-bond donors (Lipinski definition) is 0. The fourth-order valence-corrected chi connectivity index (χ4v) is 3.02. The van der Waals surface area contributed by atoms with E-state index in [4.69, 9.17) is 11.6 Å². The van der Waals surface area contributed by atoms with Crippen molar-refractivity contribution in [2.75, 3.05) is 24.7 Å². The van der Waals surface area contributed by atoms with E-state index in [1.807, 2.05) is 30.3 Å². The fraction of sp³-hybridized carbons (Fsp3) is 0.235. The van der Waals surface area contributed by atoms with Crippen LogP contribution in [-0.4, -0.2) is 39.6 Å². The Balaban J connectivity index is 2.27. The fourth-order valence-electron chi connectivity index (χ4n) is 2.22. The predicted molar refractivity (Wildman–Crippen MR) is 96.9 cm³/mol. The number of sulfonamides is 1. The SMILES string of the molecule is CN(Cc1ccccc1)C(=O)c1ccc(Cl)c(N(C)S(C)(=O)=O)c1. The zero-order valence-electron chi connectivity index (χ0n) is 13.7. The van der Waals surface area contributed by atoms with E-state index < -0.39 is 10.0 Å². The Labute approximate surface area is 147 Å². The minimum Gasteiger partial charge on any atom is -0.337 e. The van der Waals surface area contributed by atoms with Gasteiger partial charge in [-0.15, -0.1) is 0 Å². The summed E-state index contributed by atoms with van der Waals surface area (Å²) in [6.45, 7) is 0.458. The molecule has 0 aliphatic rings. The molecule has 0 N–H and O–H groups in total. The van der Waals surface area contributed by atoms with Gasteiger partial charge in [0.1, 0.15) is 0 Å². The predicted octanol–water partition coefficient (Wildman–Crippen LogP) is 3.01. The Kier molecular flexibility index (Phi) is 5.51. The molecule has 0 spiro atoms. The molecule has 0 bridgehead atoms. The highest BCUT2D eigenvalue weighted by atomic mass is 35.5. The second-order valence-electron chi connectivity index (χ2n) is 5.54. The second-order valence-corrected chi connectivity index (χ2v) is 7.96. The quantitative estimate of drug-likeness (QED) is 0.817. The molecule has 0 saturated heterocycles. The van der Waals surface area contributed by atoms with Crippen LogP contribution in [0, 0.1) is 0 Å². The topological polar surface area (TPSA) is 57.7 Å². The molecule has 128 valence electrons. The molecule has 5 nitrogen and oxygen atoms in total. The van der Waals surface area contributed by atoms with Gasteiger partial charge in [0, 0.05) is 26.2 Å². The molecule has 0 radical (unpaired) electrons. The van der Waals surface area contributed by atoms with Crippen molar-refractivity contribution in [3.63, 3.8) is 0 Å². The molecule has 7 heteroatoms. The Morgan fingerprint density at radius 2 is 1.71 bits per heavy atom. The molecule has 0 aromatic heterocycles. The van der Waals surface area contributed by atoms with Crippen LogP contribution in [0.1, 0.15) is 15.9 Å². The van der Waals surface area contributed by atoms with Gasteiger partial charge in [-0.2, -0.15) is 0 Å². The van der Waals surface area contributed by atoms with Gasteiger partial charge in [0.05, 0.1) is 17.0 Å². The molecule has 2 rings (SSSR count). The number of carbonyl (C=O) groups excluding carboxylic acids is 1. The Bertz CT molecular complexity index is 838. The highest BCUT2D eigenvalue weighted by Crippen LogP contribution is 2.28. The first kappa shape index (κ1) is 18.3. The van der Waals surface area contributed by atoms with E-state index in [1.54, 1.807) is 18.0 Å². The summed E-state index contributed by atoms with van der Waals surface area (Å²) in [5.41, 5.74) is 1.66. The molecule has 0 fully saturated rings. The van der Waals surface area contributed by atoms with E-state index >= 15 is 0 Å². The molecule has 0 aliphatic heterocycles. The third-order valence-electron chi connectivity index (χ3n) is 3.64. The summed E-state index contributed by atoms with van der Waals surface area (Å²) in [6.07, 6.45) is 1.08. The monoisotopic (exact) mass is 366 g/mol.